The SMILES string of the molecule is CC(C)(N)C(N)(N)C(N)(N)C(=O)O. The second-order valence-corrected chi connectivity index (χ2v) is 3.76. The molecular formula is C6H17N5O2. The van der Waals surface area contributed by atoms with Gasteiger partial charge in [-0.2, -0.15) is 0 Å². The first-order valence-electron chi connectivity index (χ1n) is 3.62. The van der Waals surface area contributed by atoms with E-state index in [0.717, 1.165) is 0 Å². The summed E-state index contributed by atoms with van der Waals surface area (Å²) in [6, 6.07) is 0. The number of aliphatic carboxylic acids is 1. The van der Waals surface area contributed by atoms with Crippen molar-refractivity contribution in [3.05, 3.63) is 0 Å². The number of rotatable bonds is 3. The third kappa shape index (κ3) is 1.79. The molecule has 0 bridgehead atoms. The van der Waals surface area contributed by atoms with Crippen molar-refractivity contribution >= 4 is 5.97 Å². The Morgan fingerprint density at radius 3 is 1.46 bits per heavy atom. The minimum Gasteiger partial charge on any atom is -0.479 e. The van der Waals surface area contributed by atoms with Gasteiger partial charge in [0.05, 0.1) is 0 Å². The molecule has 0 fully saturated rings. The third-order valence-corrected chi connectivity index (χ3v) is 2.10. The number of hydrogen-bond acceptors (Lipinski definition) is 6. The average molecular weight is 191 g/mol. The van der Waals surface area contributed by atoms with Gasteiger partial charge in [-0.1, -0.05) is 0 Å². The Labute approximate surface area is 76.2 Å². The van der Waals surface area contributed by atoms with Crippen LogP contribution in [0.4, 0.5) is 0 Å². The second-order valence-electron chi connectivity index (χ2n) is 3.76. The quantitative estimate of drug-likeness (QED) is 0.259. The van der Waals surface area contributed by atoms with Crippen LogP contribution in [0.2, 0.25) is 0 Å². The Morgan fingerprint density at radius 1 is 1.08 bits per heavy atom. The Hall–Kier alpha value is -0.730. The van der Waals surface area contributed by atoms with Gasteiger partial charge < -0.3 is 33.8 Å². The fraction of sp³-hybridized carbons (Fsp3) is 0.833. The zero-order valence-corrected chi connectivity index (χ0v) is 7.74. The van der Waals surface area contributed by atoms with Gasteiger partial charge in [0, 0.05) is 5.54 Å². The molecule has 7 heteroatoms. The van der Waals surface area contributed by atoms with Gasteiger partial charge in [-0.25, -0.2) is 4.79 Å². The lowest BCUT2D eigenvalue weighted by atomic mass is 9.80. The summed E-state index contributed by atoms with van der Waals surface area (Å²) in [4.78, 5) is 10.6. The molecule has 13 heavy (non-hydrogen) atoms. The molecule has 0 aromatic heterocycles. The van der Waals surface area contributed by atoms with Crippen LogP contribution in [0.1, 0.15) is 13.8 Å². The van der Waals surface area contributed by atoms with E-state index in [1.54, 1.807) is 0 Å². The molecule has 0 aromatic carbocycles. The average Bonchev–Trinajstić information content (AvgIpc) is 1.84. The predicted octanol–water partition coefficient (Wildman–Crippen LogP) is -2.96. The van der Waals surface area contributed by atoms with Gasteiger partial charge in [-0.3, -0.25) is 0 Å². The summed E-state index contributed by atoms with van der Waals surface area (Å²) in [5.74, 6) is -1.50. The summed E-state index contributed by atoms with van der Waals surface area (Å²) >= 11 is 0. The standard InChI is InChI=1S/C6H17N5O2/c1-4(2,7)6(10,11)5(8,9)3(12)13/h7-11H2,1-2H3,(H,12,13). The van der Waals surface area contributed by atoms with Gasteiger partial charge in [-0.05, 0) is 13.8 Å². The fourth-order valence-corrected chi connectivity index (χ4v) is 0.710. The summed E-state index contributed by atoms with van der Waals surface area (Å²) in [6.45, 7) is 2.90. The minimum absolute atomic E-state index is 1.21. The van der Waals surface area contributed by atoms with Crippen LogP contribution in [-0.4, -0.2) is 27.9 Å². The van der Waals surface area contributed by atoms with Crippen LogP contribution in [0.5, 0.6) is 0 Å². The molecule has 0 amide bonds. The van der Waals surface area contributed by atoms with Crippen LogP contribution < -0.4 is 28.7 Å². The first-order chi connectivity index (χ1) is 5.44. The number of nitrogens with two attached hydrogens (primary N) is 5. The largest absolute Gasteiger partial charge is 0.479 e. The smallest absolute Gasteiger partial charge is 0.341 e. The van der Waals surface area contributed by atoms with Gasteiger partial charge in [0.1, 0.15) is 5.66 Å². The third-order valence-electron chi connectivity index (χ3n) is 2.10. The number of carboxylic acid groups (broad SMARTS) is 1. The van der Waals surface area contributed by atoms with Crippen LogP contribution >= 0.6 is 0 Å². The highest BCUT2D eigenvalue weighted by Gasteiger charge is 2.54. The summed E-state index contributed by atoms with van der Waals surface area (Å²) in [5.41, 5.74) is 21.7. The molecule has 0 saturated carbocycles. The lowest BCUT2D eigenvalue weighted by molar-refractivity contribution is -0.147. The maximum absolute atomic E-state index is 10.6. The lowest BCUT2D eigenvalue weighted by Gasteiger charge is -2.45. The molecule has 0 aliphatic rings. The van der Waals surface area contributed by atoms with Gasteiger partial charge in [0.2, 0.25) is 0 Å². The molecule has 0 spiro atoms. The van der Waals surface area contributed by atoms with Crippen LogP contribution in [-0.2, 0) is 4.79 Å². The molecule has 11 N–H and O–H groups in total. The highest BCUT2D eigenvalue weighted by molar-refractivity contribution is 5.80. The maximum atomic E-state index is 10.6. The van der Waals surface area contributed by atoms with Crippen LogP contribution in [0.25, 0.3) is 0 Å². The van der Waals surface area contributed by atoms with E-state index in [-0.39, 0.29) is 0 Å². The summed E-state index contributed by atoms with van der Waals surface area (Å²) in [5, 5.41) is 8.67. The first-order valence-corrected chi connectivity index (χ1v) is 3.62. The molecular weight excluding hydrogens is 174 g/mol. The Balaban J connectivity index is 5.16. The van der Waals surface area contributed by atoms with E-state index in [1.807, 2.05) is 0 Å². The van der Waals surface area contributed by atoms with E-state index >= 15 is 0 Å². The highest BCUT2D eigenvalue weighted by Crippen LogP contribution is 2.18. The van der Waals surface area contributed by atoms with E-state index in [4.69, 9.17) is 33.8 Å². The van der Waals surface area contributed by atoms with E-state index in [9.17, 15) is 4.79 Å². The molecule has 0 saturated heterocycles. The second kappa shape index (κ2) is 2.89. The van der Waals surface area contributed by atoms with E-state index < -0.39 is 22.8 Å². The van der Waals surface area contributed by atoms with E-state index in [1.165, 1.54) is 13.8 Å². The molecule has 0 unspecified atom stereocenters. The van der Waals surface area contributed by atoms with Crippen molar-refractivity contribution in [1.29, 1.82) is 0 Å². The van der Waals surface area contributed by atoms with E-state index in [2.05, 4.69) is 0 Å². The van der Waals surface area contributed by atoms with Crippen LogP contribution in [0.3, 0.4) is 0 Å². The van der Waals surface area contributed by atoms with Gasteiger partial charge >= 0.3 is 5.97 Å². The van der Waals surface area contributed by atoms with Crippen molar-refractivity contribution in [2.24, 2.45) is 28.7 Å². The van der Waals surface area contributed by atoms with Crippen molar-refractivity contribution in [3.63, 3.8) is 0 Å². The zero-order valence-electron chi connectivity index (χ0n) is 7.74. The van der Waals surface area contributed by atoms with E-state index in [0.29, 0.717) is 0 Å². The monoisotopic (exact) mass is 191 g/mol. The molecule has 0 radical (unpaired) electrons. The summed E-state index contributed by atoms with van der Waals surface area (Å²) in [6.07, 6.45) is 0. The Morgan fingerprint density at radius 2 is 1.38 bits per heavy atom. The van der Waals surface area contributed by atoms with Crippen molar-refractivity contribution in [3.8, 4) is 0 Å². The maximum Gasteiger partial charge on any atom is 0.341 e. The molecule has 0 aliphatic heterocycles. The van der Waals surface area contributed by atoms with Gasteiger partial charge in [0.25, 0.3) is 0 Å². The first kappa shape index (κ1) is 12.3. The molecule has 0 aliphatic carbocycles. The Bertz CT molecular complexity index is 218. The van der Waals surface area contributed by atoms with Crippen molar-refractivity contribution in [1.82, 2.24) is 0 Å². The summed E-state index contributed by atoms with van der Waals surface area (Å²) in [7, 11) is 0. The number of hydrogen-bond donors (Lipinski definition) is 6. The molecule has 0 heterocycles. The normalized spacial score (nSPS) is 14.4. The van der Waals surface area contributed by atoms with Crippen LogP contribution in [0, 0.1) is 0 Å². The van der Waals surface area contributed by atoms with Crippen molar-refractivity contribution in [2.45, 2.75) is 30.7 Å². The molecule has 0 aromatic rings. The molecule has 7 nitrogen and oxygen atoms in total. The minimum atomic E-state index is -2.27. The van der Waals surface area contributed by atoms with Crippen molar-refractivity contribution in [2.75, 3.05) is 0 Å². The predicted molar refractivity (Wildman–Crippen MR) is 48.1 cm³/mol. The summed E-state index contributed by atoms with van der Waals surface area (Å²) < 4.78 is 0. The Kier molecular flexibility index (Phi) is 2.73. The fourth-order valence-electron chi connectivity index (χ4n) is 0.710. The van der Waals surface area contributed by atoms with Crippen molar-refractivity contribution < 1.29 is 9.90 Å². The zero-order chi connectivity index (χ0) is 11.1. The molecule has 0 rings (SSSR count). The topological polar surface area (TPSA) is 167 Å². The van der Waals surface area contributed by atoms with Gasteiger partial charge in [0.15, 0.2) is 5.66 Å². The molecule has 78 valence electrons. The lowest BCUT2D eigenvalue weighted by Crippen LogP contribution is -2.87. The molecule has 0 atom stereocenters. The van der Waals surface area contributed by atoms with Gasteiger partial charge in [-0.15, -0.1) is 0 Å². The number of carboxylic acids is 1. The van der Waals surface area contributed by atoms with Crippen LogP contribution in [0.15, 0.2) is 0 Å². The highest BCUT2D eigenvalue weighted by atomic mass is 16.4. The number of carbonyl (C=O) groups is 1.